The van der Waals surface area contributed by atoms with Gasteiger partial charge in [0.25, 0.3) is 0 Å². The summed E-state index contributed by atoms with van der Waals surface area (Å²) in [4.78, 5) is 11.7. The average molecular weight is 233 g/mol. The van der Waals surface area contributed by atoms with Gasteiger partial charge in [0.2, 0.25) is 0 Å². The van der Waals surface area contributed by atoms with Crippen LogP contribution in [0.1, 0.15) is 24.9 Å². The molecule has 5 nitrogen and oxygen atoms in total. The molecule has 2 heterocycles. The van der Waals surface area contributed by atoms with E-state index in [1.54, 1.807) is 6.20 Å². The van der Waals surface area contributed by atoms with Crippen molar-refractivity contribution >= 4 is 0 Å². The maximum absolute atomic E-state index is 4.36. The summed E-state index contributed by atoms with van der Waals surface area (Å²) in [6.45, 7) is 4.96. The van der Waals surface area contributed by atoms with Crippen LogP contribution in [-0.4, -0.2) is 26.1 Å². The minimum absolute atomic E-state index is 0.849. The summed E-state index contributed by atoms with van der Waals surface area (Å²) in [5, 5.41) is 3.34. The van der Waals surface area contributed by atoms with Crippen LogP contribution in [0, 0.1) is 0 Å². The molecule has 0 aliphatic heterocycles. The number of hydrogen-bond donors (Lipinski definition) is 2. The number of H-pyrrole nitrogens is 1. The summed E-state index contributed by atoms with van der Waals surface area (Å²) in [5.41, 5.74) is 1.10. The Morgan fingerprint density at radius 1 is 1.41 bits per heavy atom. The highest BCUT2D eigenvalue weighted by atomic mass is 15.0. The fourth-order valence-electron chi connectivity index (χ4n) is 1.68. The predicted octanol–water partition coefficient (Wildman–Crippen LogP) is 1.35. The smallest absolute Gasteiger partial charge is 0.107 e. The van der Waals surface area contributed by atoms with Crippen molar-refractivity contribution < 1.29 is 0 Å². The van der Waals surface area contributed by atoms with Gasteiger partial charge in [0.05, 0.1) is 12.0 Å². The van der Waals surface area contributed by atoms with E-state index in [0.717, 1.165) is 44.0 Å². The van der Waals surface area contributed by atoms with Crippen molar-refractivity contribution in [1.82, 2.24) is 24.8 Å². The second-order valence-corrected chi connectivity index (χ2v) is 4.07. The third-order valence-electron chi connectivity index (χ3n) is 2.58. The lowest BCUT2D eigenvalue weighted by Gasteiger charge is -2.00. The van der Waals surface area contributed by atoms with Gasteiger partial charge >= 0.3 is 0 Å². The first-order chi connectivity index (χ1) is 8.38. The maximum atomic E-state index is 4.36. The number of rotatable bonds is 7. The van der Waals surface area contributed by atoms with Crippen LogP contribution in [0.4, 0.5) is 0 Å². The highest BCUT2D eigenvalue weighted by molar-refractivity contribution is 4.97. The van der Waals surface area contributed by atoms with Crippen molar-refractivity contribution in [3.63, 3.8) is 0 Å². The minimum atomic E-state index is 0.849. The lowest BCUT2D eigenvalue weighted by atomic mass is 10.4. The Hall–Kier alpha value is -1.62. The predicted molar refractivity (Wildman–Crippen MR) is 66.5 cm³/mol. The minimum Gasteiger partial charge on any atom is -0.349 e. The molecule has 0 aliphatic carbocycles. The number of hydrogen-bond acceptors (Lipinski definition) is 3. The van der Waals surface area contributed by atoms with Gasteiger partial charge in [0.1, 0.15) is 5.82 Å². The van der Waals surface area contributed by atoms with Crippen LogP contribution in [0.5, 0.6) is 0 Å². The molecule has 0 unspecified atom stereocenters. The molecule has 0 amide bonds. The van der Waals surface area contributed by atoms with E-state index in [2.05, 4.69) is 38.0 Å². The molecule has 0 radical (unpaired) electrons. The first kappa shape index (κ1) is 11.9. The zero-order valence-corrected chi connectivity index (χ0v) is 10.2. The largest absolute Gasteiger partial charge is 0.349 e. The summed E-state index contributed by atoms with van der Waals surface area (Å²) in [6, 6.07) is 0. The van der Waals surface area contributed by atoms with Crippen molar-refractivity contribution in [3.05, 3.63) is 36.4 Å². The van der Waals surface area contributed by atoms with Crippen molar-refractivity contribution in [2.45, 2.75) is 32.9 Å². The van der Waals surface area contributed by atoms with Crippen LogP contribution < -0.4 is 5.32 Å². The van der Waals surface area contributed by atoms with E-state index in [1.807, 2.05) is 12.5 Å². The molecule has 0 aromatic carbocycles. The number of imidazole rings is 2. The number of aryl methyl sites for hydroxylation is 2. The molecule has 17 heavy (non-hydrogen) atoms. The summed E-state index contributed by atoms with van der Waals surface area (Å²) >= 11 is 0. The molecule has 2 N–H and O–H groups in total. The second kappa shape index (κ2) is 6.20. The topological polar surface area (TPSA) is 58.5 Å². The van der Waals surface area contributed by atoms with Crippen molar-refractivity contribution in [3.8, 4) is 0 Å². The molecular weight excluding hydrogens is 214 g/mol. The Balaban J connectivity index is 1.77. The van der Waals surface area contributed by atoms with Gasteiger partial charge in [-0.05, 0) is 13.0 Å². The normalized spacial score (nSPS) is 10.9. The molecular formula is C12H19N5. The molecule has 0 aliphatic rings. The first-order valence-electron chi connectivity index (χ1n) is 6.08. The Labute approximate surface area is 101 Å². The van der Waals surface area contributed by atoms with E-state index < -0.39 is 0 Å². The SMILES string of the molecule is CCCNCc1cn(CCc2ncc[nH]2)cn1. The summed E-state index contributed by atoms with van der Waals surface area (Å²) in [6.07, 6.45) is 9.66. The summed E-state index contributed by atoms with van der Waals surface area (Å²) in [5.74, 6) is 1.02. The maximum Gasteiger partial charge on any atom is 0.107 e. The summed E-state index contributed by atoms with van der Waals surface area (Å²) in [7, 11) is 0. The van der Waals surface area contributed by atoms with Gasteiger partial charge in [-0.3, -0.25) is 0 Å². The average Bonchev–Trinajstić information content (AvgIpc) is 2.98. The van der Waals surface area contributed by atoms with Crippen LogP contribution in [0.15, 0.2) is 24.9 Å². The fraction of sp³-hybridized carbons (Fsp3) is 0.500. The van der Waals surface area contributed by atoms with E-state index in [0.29, 0.717) is 0 Å². The Bertz CT molecular complexity index is 418. The van der Waals surface area contributed by atoms with Gasteiger partial charge in [0.15, 0.2) is 0 Å². The Morgan fingerprint density at radius 2 is 2.35 bits per heavy atom. The lowest BCUT2D eigenvalue weighted by Crippen LogP contribution is -2.13. The van der Waals surface area contributed by atoms with Gasteiger partial charge in [-0.15, -0.1) is 0 Å². The molecule has 0 saturated heterocycles. The van der Waals surface area contributed by atoms with E-state index in [-0.39, 0.29) is 0 Å². The highest BCUT2D eigenvalue weighted by Crippen LogP contribution is 1.99. The molecule has 5 heteroatoms. The zero-order valence-electron chi connectivity index (χ0n) is 10.2. The number of nitrogens with one attached hydrogen (secondary N) is 2. The fourth-order valence-corrected chi connectivity index (χ4v) is 1.68. The molecule has 0 atom stereocenters. The van der Waals surface area contributed by atoms with Gasteiger partial charge in [-0.1, -0.05) is 6.92 Å². The van der Waals surface area contributed by atoms with E-state index in [1.165, 1.54) is 0 Å². The van der Waals surface area contributed by atoms with Crippen molar-refractivity contribution in [1.29, 1.82) is 0 Å². The van der Waals surface area contributed by atoms with Crippen LogP contribution in [-0.2, 0) is 19.5 Å². The van der Waals surface area contributed by atoms with Crippen LogP contribution in [0.2, 0.25) is 0 Å². The van der Waals surface area contributed by atoms with Crippen molar-refractivity contribution in [2.24, 2.45) is 0 Å². The third-order valence-corrected chi connectivity index (χ3v) is 2.58. The quantitative estimate of drug-likeness (QED) is 0.710. The lowest BCUT2D eigenvalue weighted by molar-refractivity contribution is 0.659. The first-order valence-corrected chi connectivity index (χ1v) is 6.08. The van der Waals surface area contributed by atoms with Crippen LogP contribution in [0.25, 0.3) is 0 Å². The Kier molecular flexibility index (Phi) is 4.32. The molecule has 92 valence electrons. The molecule has 0 spiro atoms. The third kappa shape index (κ3) is 3.71. The van der Waals surface area contributed by atoms with E-state index >= 15 is 0 Å². The number of nitrogens with zero attached hydrogens (tertiary/aromatic N) is 3. The van der Waals surface area contributed by atoms with E-state index in [9.17, 15) is 0 Å². The monoisotopic (exact) mass is 233 g/mol. The highest BCUT2D eigenvalue weighted by Gasteiger charge is 1.99. The van der Waals surface area contributed by atoms with Gasteiger partial charge in [0, 0.05) is 38.1 Å². The van der Waals surface area contributed by atoms with Gasteiger partial charge in [-0.25, -0.2) is 9.97 Å². The molecule has 0 saturated carbocycles. The molecule has 0 fully saturated rings. The number of aromatic amines is 1. The zero-order chi connectivity index (χ0) is 11.9. The second-order valence-electron chi connectivity index (χ2n) is 4.07. The summed E-state index contributed by atoms with van der Waals surface area (Å²) < 4.78 is 2.10. The Morgan fingerprint density at radius 3 is 3.12 bits per heavy atom. The van der Waals surface area contributed by atoms with Crippen LogP contribution >= 0.6 is 0 Å². The van der Waals surface area contributed by atoms with Gasteiger partial charge in [-0.2, -0.15) is 0 Å². The van der Waals surface area contributed by atoms with E-state index in [4.69, 9.17) is 0 Å². The molecule has 0 bridgehead atoms. The number of aromatic nitrogens is 4. The van der Waals surface area contributed by atoms with Crippen molar-refractivity contribution in [2.75, 3.05) is 6.54 Å². The molecule has 2 aromatic rings. The molecule has 2 rings (SSSR count). The van der Waals surface area contributed by atoms with Gasteiger partial charge < -0.3 is 14.9 Å². The standard InChI is InChI=1S/C12H19N5/c1-2-4-13-8-11-9-17(10-16-11)7-3-12-14-5-6-15-12/h5-6,9-10,13H,2-4,7-8H2,1H3,(H,14,15). The van der Waals surface area contributed by atoms with Crippen LogP contribution in [0.3, 0.4) is 0 Å². The molecule has 2 aromatic heterocycles.